The Bertz CT molecular complexity index is 997. The van der Waals surface area contributed by atoms with Crippen molar-refractivity contribution in [1.29, 1.82) is 0 Å². The topological polar surface area (TPSA) is 41.6 Å². The Kier molecular flexibility index (Phi) is 6.00. The highest BCUT2D eigenvalue weighted by molar-refractivity contribution is 5.95. The third-order valence-corrected chi connectivity index (χ3v) is 5.24. The summed E-state index contributed by atoms with van der Waals surface area (Å²) in [6, 6.07) is 18.3. The number of ether oxygens (including phenoxy) is 1. The number of methoxy groups -OCH3 is 1. The molecule has 1 amide bonds. The van der Waals surface area contributed by atoms with E-state index in [-0.39, 0.29) is 11.9 Å². The monoisotopic (exact) mass is 376 g/mol. The average molecular weight is 377 g/mol. The fourth-order valence-electron chi connectivity index (χ4n) is 3.23. The van der Waals surface area contributed by atoms with Crippen LogP contribution in [0.4, 0.5) is 5.69 Å². The molecule has 0 unspecified atom stereocenters. The number of amides is 1. The molecule has 0 fully saturated rings. The Balaban J connectivity index is 1.69. The van der Waals surface area contributed by atoms with Gasteiger partial charge in [-0.15, -0.1) is 0 Å². The summed E-state index contributed by atoms with van der Waals surface area (Å²) < 4.78 is 5.29. The van der Waals surface area contributed by atoms with E-state index < -0.39 is 0 Å². The van der Waals surface area contributed by atoms with Gasteiger partial charge in [-0.3, -0.25) is 9.69 Å². The summed E-state index contributed by atoms with van der Waals surface area (Å²) >= 11 is 0. The summed E-state index contributed by atoms with van der Waals surface area (Å²) in [4.78, 5) is 14.8. The molecule has 0 aliphatic carbocycles. The van der Waals surface area contributed by atoms with Gasteiger partial charge in [-0.25, -0.2) is 0 Å². The largest absolute Gasteiger partial charge is 0.497 e. The molecule has 0 heterocycles. The second-order valence-corrected chi connectivity index (χ2v) is 7.45. The standard InChI is InChI=1S/C24H28N2O2/c1-16-6-7-17(2)23(12-16)25-24(27)18(3)26(4)15-19-8-9-21-14-22(28-5)11-10-20(21)13-19/h6-14,18H,15H2,1-5H3,(H,25,27)/t18-/m0/s1. The minimum atomic E-state index is -0.244. The number of rotatable bonds is 6. The summed E-state index contributed by atoms with van der Waals surface area (Å²) in [5.41, 5.74) is 4.25. The maximum absolute atomic E-state index is 12.7. The molecular weight excluding hydrogens is 348 g/mol. The van der Waals surface area contributed by atoms with Crippen LogP contribution >= 0.6 is 0 Å². The third kappa shape index (κ3) is 4.52. The van der Waals surface area contributed by atoms with E-state index in [1.54, 1.807) is 7.11 Å². The molecule has 3 aromatic carbocycles. The molecule has 1 atom stereocenters. The molecule has 1 N–H and O–H groups in total. The maximum Gasteiger partial charge on any atom is 0.241 e. The Hall–Kier alpha value is -2.85. The molecule has 0 aliphatic rings. The molecule has 4 nitrogen and oxygen atoms in total. The highest BCUT2D eigenvalue weighted by Gasteiger charge is 2.19. The van der Waals surface area contributed by atoms with Gasteiger partial charge in [-0.1, -0.05) is 30.3 Å². The molecule has 0 saturated carbocycles. The van der Waals surface area contributed by atoms with Crippen molar-refractivity contribution in [2.45, 2.75) is 33.4 Å². The number of hydrogen-bond acceptors (Lipinski definition) is 3. The van der Waals surface area contributed by atoms with Gasteiger partial charge in [-0.2, -0.15) is 0 Å². The number of carbonyl (C=O) groups is 1. The van der Waals surface area contributed by atoms with Gasteiger partial charge in [0.2, 0.25) is 5.91 Å². The van der Waals surface area contributed by atoms with E-state index in [4.69, 9.17) is 4.74 Å². The van der Waals surface area contributed by atoms with Gasteiger partial charge in [0.1, 0.15) is 5.75 Å². The summed E-state index contributed by atoms with van der Waals surface area (Å²) in [7, 11) is 3.65. The van der Waals surface area contributed by atoms with Crippen molar-refractivity contribution >= 4 is 22.4 Å². The van der Waals surface area contributed by atoms with Gasteiger partial charge in [0.05, 0.1) is 13.2 Å². The molecule has 28 heavy (non-hydrogen) atoms. The second kappa shape index (κ2) is 8.44. The number of carbonyl (C=O) groups excluding carboxylic acids is 1. The minimum absolute atomic E-state index is 0.00160. The summed E-state index contributed by atoms with van der Waals surface area (Å²) in [5, 5.41) is 5.38. The zero-order valence-electron chi connectivity index (χ0n) is 17.2. The van der Waals surface area contributed by atoms with Crippen LogP contribution < -0.4 is 10.1 Å². The molecule has 3 aromatic rings. The number of likely N-dealkylation sites (N-methyl/N-ethyl adjacent to an activating group) is 1. The number of anilines is 1. The van der Waals surface area contributed by atoms with Crippen LogP contribution in [0.2, 0.25) is 0 Å². The molecule has 146 valence electrons. The van der Waals surface area contributed by atoms with Crippen LogP contribution in [0.3, 0.4) is 0 Å². The first-order valence-electron chi connectivity index (χ1n) is 9.52. The van der Waals surface area contributed by atoms with Crippen LogP contribution in [0.5, 0.6) is 5.75 Å². The van der Waals surface area contributed by atoms with E-state index in [0.29, 0.717) is 6.54 Å². The first kappa shape index (κ1) is 19.9. The van der Waals surface area contributed by atoms with Gasteiger partial charge in [0, 0.05) is 12.2 Å². The van der Waals surface area contributed by atoms with Crippen LogP contribution in [0.25, 0.3) is 10.8 Å². The number of nitrogens with zero attached hydrogens (tertiary/aromatic N) is 1. The SMILES string of the molecule is COc1ccc2cc(CN(C)[C@@H](C)C(=O)Nc3cc(C)ccc3C)ccc2c1. The molecule has 0 saturated heterocycles. The lowest BCUT2D eigenvalue weighted by molar-refractivity contribution is -0.120. The van der Waals surface area contributed by atoms with Gasteiger partial charge in [0.15, 0.2) is 0 Å². The van der Waals surface area contributed by atoms with E-state index in [1.807, 2.05) is 52.1 Å². The first-order valence-corrected chi connectivity index (χ1v) is 9.52. The van der Waals surface area contributed by atoms with Crippen LogP contribution in [-0.4, -0.2) is 31.0 Å². The Labute approximate surface area is 167 Å². The Morgan fingerprint density at radius 2 is 1.75 bits per heavy atom. The van der Waals surface area contributed by atoms with Crippen molar-refractivity contribution in [3.05, 3.63) is 71.3 Å². The lowest BCUT2D eigenvalue weighted by atomic mass is 10.1. The van der Waals surface area contributed by atoms with Gasteiger partial charge < -0.3 is 10.1 Å². The van der Waals surface area contributed by atoms with Crippen molar-refractivity contribution in [3.63, 3.8) is 0 Å². The highest BCUT2D eigenvalue weighted by atomic mass is 16.5. The normalized spacial score (nSPS) is 12.2. The average Bonchev–Trinajstić information content (AvgIpc) is 2.69. The van der Waals surface area contributed by atoms with Gasteiger partial charge in [0.25, 0.3) is 0 Å². The predicted molar refractivity (Wildman–Crippen MR) is 116 cm³/mol. The molecule has 0 aromatic heterocycles. The molecule has 3 rings (SSSR count). The number of aryl methyl sites for hydroxylation is 2. The van der Waals surface area contributed by atoms with Crippen molar-refractivity contribution in [1.82, 2.24) is 4.90 Å². The minimum Gasteiger partial charge on any atom is -0.497 e. The predicted octanol–water partition coefficient (Wildman–Crippen LogP) is 4.92. The lowest BCUT2D eigenvalue weighted by Crippen LogP contribution is -2.39. The zero-order valence-corrected chi connectivity index (χ0v) is 17.2. The van der Waals surface area contributed by atoms with Crippen LogP contribution in [0, 0.1) is 13.8 Å². The van der Waals surface area contributed by atoms with Gasteiger partial charge >= 0.3 is 0 Å². The summed E-state index contributed by atoms with van der Waals surface area (Å²) in [6.45, 7) is 6.67. The Morgan fingerprint density at radius 1 is 1.04 bits per heavy atom. The van der Waals surface area contributed by atoms with E-state index >= 15 is 0 Å². The summed E-state index contributed by atoms with van der Waals surface area (Å²) in [5.74, 6) is 0.857. The number of hydrogen-bond donors (Lipinski definition) is 1. The lowest BCUT2D eigenvalue weighted by Gasteiger charge is -2.24. The van der Waals surface area contributed by atoms with Crippen LogP contribution in [0.15, 0.2) is 54.6 Å². The fraction of sp³-hybridized carbons (Fsp3) is 0.292. The van der Waals surface area contributed by atoms with Crippen LogP contribution in [0.1, 0.15) is 23.6 Å². The summed E-state index contributed by atoms with van der Waals surface area (Å²) in [6.07, 6.45) is 0. The Morgan fingerprint density at radius 3 is 2.50 bits per heavy atom. The molecule has 0 radical (unpaired) electrons. The fourth-order valence-corrected chi connectivity index (χ4v) is 3.23. The van der Waals surface area contributed by atoms with E-state index in [2.05, 4.69) is 40.5 Å². The quantitative estimate of drug-likeness (QED) is 0.664. The van der Waals surface area contributed by atoms with Crippen molar-refractivity contribution in [3.8, 4) is 5.75 Å². The molecule has 0 bridgehead atoms. The maximum atomic E-state index is 12.7. The van der Waals surface area contributed by atoms with Crippen LogP contribution in [-0.2, 0) is 11.3 Å². The smallest absolute Gasteiger partial charge is 0.241 e. The van der Waals surface area contributed by atoms with Crippen molar-refractivity contribution in [2.75, 3.05) is 19.5 Å². The van der Waals surface area contributed by atoms with Crippen molar-refractivity contribution in [2.24, 2.45) is 0 Å². The number of fused-ring (bicyclic) bond motifs is 1. The third-order valence-electron chi connectivity index (χ3n) is 5.24. The number of nitrogens with one attached hydrogen (secondary N) is 1. The second-order valence-electron chi connectivity index (χ2n) is 7.45. The molecular formula is C24H28N2O2. The number of benzene rings is 3. The van der Waals surface area contributed by atoms with Gasteiger partial charge in [-0.05, 0) is 79.5 Å². The van der Waals surface area contributed by atoms with E-state index in [1.165, 1.54) is 10.9 Å². The molecule has 4 heteroatoms. The van der Waals surface area contributed by atoms with E-state index in [9.17, 15) is 4.79 Å². The molecule has 0 spiro atoms. The highest BCUT2D eigenvalue weighted by Crippen LogP contribution is 2.23. The van der Waals surface area contributed by atoms with Crippen molar-refractivity contribution < 1.29 is 9.53 Å². The zero-order chi connectivity index (χ0) is 20.3. The molecule has 0 aliphatic heterocycles. The van der Waals surface area contributed by atoms with E-state index in [0.717, 1.165) is 28.0 Å². The first-order chi connectivity index (χ1) is 13.4.